The van der Waals surface area contributed by atoms with Crippen molar-refractivity contribution in [2.24, 2.45) is 11.8 Å². The largest absolute Gasteiger partial charge is 0.326 e. The lowest BCUT2D eigenvalue weighted by Crippen LogP contribution is -2.15. The molecule has 0 bridgehead atoms. The van der Waals surface area contributed by atoms with Crippen molar-refractivity contribution < 1.29 is 9.59 Å². The SMILES string of the molecule is CC1CC1C(=O)Nc1ccc(C(=O)Nc2ccc3n[nH]nc3c2)cc1. The second-order valence-corrected chi connectivity index (χ2v) is 6.37. The van der Waals surface area contributed by atoms with Gasteiger partial charge in [0.25, 0.3) is 5.91 Å². The summed E-state index contributed by atoms with van der Waals surface area (Å²) in [6.07, 6.45) is 0.947. The Kier molecular flexibility index (Phi) is 3.68. The number of benzene rings is 2. The maximum atomic E-state index is 12.3. The van der Waals surface area contributed by atoms with Gasteiger partial charge in [0.05, 0.1) is 0 Å². The highest BCUT2D eigenvalue weighted by Gasteiger charge is 2.39. The Balaban J connectivity index is 1.42. The van der Waals surface area contributed by atoms with Crippen LogP contribution in [-0.2, 0) is 4.79 Å². The molecule has 1 aromatic heterocycles. The van der Waals surface area contributed by atoms with Gasteiger partial charge >= 0.3 is 0 Å². The van der Waals surface area contributed by atoms with E-state index in [2.05, 4.69) is 33.0 Å². The molecule has 0 spiro atoms. The van der Waals surface area contributed by atoms with Crippen LogP contribution in [0.3, 0.4) is 0 Å². The van der Waals surface area contributed by atoms with E-state index in [1.165, 1.54) is 0 Å². The molecule has 7 heteroatoms. The van der Waals surface area contributed by atoms with Crippen molar-refractivity contribution in [2.45, 2.75) is 13.3 Å². The average Bonchev–Trinajstić information content (AvgIpc) is 3.16. The monoisotopic (exact) mass is 335 g/mol. The summed E-state index contributed by atoms with van der Waals surface area (Å²) in [5, 5.41) is 16.2. The Morgan fingerprint density at radius 1 is 1.00 bits per heavy atom. The smallest absolute Gasteiger partial charge is 0.255 e. The number of carbonyl (C=O) groups is 2. The second kappa shape index (κ2) is 6.01. The van der Waals surface area contributed by atoms with E-state index in [1.807, 2.05) is 0 Å². The van der Waals surface area contributed by atoms with E-state index in [4.69, 9.17) is 0 Å². The van der Waals surface area contributed by atoms with Crippen molar-refractivity contribution in [1.29, 1.82) is 0 Å². The number of rotatable bonds is 4. The zero-order chi connectivity index (χ0) is 17.4. The molecule has 2 atom stereocenters. The van der Waals surface area contributed by atoms with Gasteiger partial charge in [0.15, 0.2) is 0 Å². The zero-order valence-corrected chi connectivity index (χ0v) is 13.6. The van der Waals surface area contributed by atoms with Crippen molar-refractivity contribution >= 4 is 34.2 Å². The van der Waals surface area contributed by atoms with Crippen molar-refractivity contribution in [2.75, 3.05) is 10.6 Å². The van der Waals surface area contributed by atoms with Crippen LogP contribution in [0.5, 0.6) is 0 Å². The lowest BCUT2D eigenvalue weighted by molar-refractivity contribution is -0.117. The first-order chi connectivity index (χ1) is 12.1. The van der Waals surface area contributed by atoms with Crippen LogP contribution in [-0.4, -0.2) is 27.2 Å². The molecule has 1 saturated carbocycles. The molecule has 4 rings (SSSR count). The molecule has 3 N–H and O–H groups in total. The molecule has 1 aliphatic carbocycles. The first-order valence-corrected chi connectivity index (χ1v) is 8.13. The molecule has 1 aliphatic rings. The Hall–Kier alpha value is -3.22. The van der Waals surface area contributed by atoms with E-state index in [1.54, 1.807) is 42.5 Å². The highest BCUT2D eigenvalue weighted by Crippen LogP contribution is 2.38. The minimum atomic E-state index is -0.225. The lowest BCUT2D eigenvalue weighted by Gasteiger charge is -2.07. The third kappa shape index (κ3) is 3.21. The summed E-state index contributed by atoms with van der Waals surface area (Å²) in [4.78, 5) is 24.3. The number of aromatic nitrogens is 3. The number of H-pyrrole nitrogens is 1. The number of hydrogen-bond acceptors (Lipinski definition) is 4. The summed E-state index contributed by atoms with van der Waals surface area (Å²) < 4.78 is 0. The summed E-state index contributed by atoms with van der Waals surface area (Å²) >= 11 is 0. The molecule has 2 amide bonds. The van der Waals surface area contributed by atoms with E-state index in [0.717, 1.165) is 11.9 Å². The first kappa shape index (κ1) is 15.3. The Labute approximate surface area is 143 Å². The molecule has 2 unspecified atom stereocenters. The Morgan fingerprint density at radius 3 is 2.40 bits per heavy atom. The quantitative estimate of drug-likeness (QED) is 0.682. The summed E-state index contributed by atoms with van der Waals surface area (Å²) in [5.74, 6) is 0.406. The fraction of sp³-hybridized carbons (Fsp3) is 0.222. The van der Waals surface area contributed by atoms with Crippen LogP contribution in [0, 0.1) is 11.8 Å². The number of fused-ring (bicyclic) bond motifs is 1. The van der Waals surface area contributed by atoms with Crippen molar-refractivity contribution in [3.05, 3.63) is 48.0 Å². The molecular weight excluding hydrogens is 318 g/mol. The van der Waals surface area contributed by atoms with Gasteiger partial charge in [-0.2, -0.15) is 15.4 Å². The van der Waals surface area contributed by atoms with E-state index >= 15 is 0 Å². The van der Waals surface area contributed by atoms with Crippen molar-refractivity contribution in [3.8, 4) is 0 Å². The summed E-state index contributed by atoms with van der Waals surface area (Å²) in [5.41, 5.74) is 3.28. The van der Waals surface area contributed by atoms with E-state index in [-0.39, 0.29) is 17.7 Å². The van der Waals surface area contributed by atoms with Gasteiger partial charge in [-0.25, -0.2) is 0 Å². The second-order valence-electron chi connectivity index (χ2n) is 6.37. The number of amides is 2. The molecular formula is C18H17N5O2. The lowest BCUT2D eigenvalue weighted by atomic mass is 10.1. The van der Waals surface area contributed by atoms with Gasteiger partial charge < -0.3 is 10.6 Å². The van der Waals surface area contributed by atoms with Crippen LogP contribution >= 0.6 is 0 Å². The fourth-order valence-corrected chi connectivity index (χ4v) is 2.75. The Morgan fingerprint density at radius 2 is 1.68 bits per heavy atom. The Bertz CT molecular complexity index is 948. The van der Waals surface area contributed by atoms with Crippen molar-refractivity contribution in [1.82, 2.24) is 15.4 Å². The molecule has 1 heterocycles. The number of aromatic amines is 1. The predicted molar refractivity (Wildman–Crippen MR) is 94.2 cm³/mol. The molecule has 0 saturated heterocycles. The summed E-state index contributed by atoms with van der Waals surface area (Å²) in [6.45, 7) is 2.06. The normalized spacial score (nSPS) is 18.8. The molecule has 25 heavy (non-hydrogen) atoms. The van der Waals surface area contributed by atoms with Gasteiger partial charge in [0, 0.05) is 22.9 Å². The van der Waals surface area contributed by atoms with Crippen LogP contribution < -0.4 is 10.6 Å². The van der Waals surface area contributed by atoms with E-state index in [0.29, 0.717) is 28.4 Å². The van der Waals surface area contributed by atoms with E-state index < -0.39 is 0 Å². The van der Waals surface area contributed by atoms with Crippen LogP contribution in [0.25, 0.3) is 11.0 Å². The number of nitrogens with zero attached hydrogens (tertiary/aromatic N) is 2. The predicted octanol–water partition coefficient (Wildman–Crippen LogP) is 2.80. The van der Waals surface area contributed by atoms with E-state index in [9.17, 15) is 9.59 Å². The third-order valence-electron chi connectivity index (χ3n) is 4.44. The van der Waals surface area contributed by atoms with Crippen LogP contribution in [0.4, 0.5) is 11.4 Å². The molecule has 126 valence electrons. The maximum Gasteiger partial charge on any atom is 0.255 e. The van der Waals surface area contributed by atoms with Gasteiger partial charge in [-0.15, -0.1) is 0 Å². The van der Waals surface area contributed by atoms with Crippen LogP contribution in [0.2, 0.25) is 0 Å². The number of hydrogen-bond donors (Lipinski definition) is 3. The van der Waals surface area contributed by atoms with Gasteiger partial charge in [-0.1, -0.05) is 6.92 Å². The highest BCUT2D eigenvalue weighted by atomic mass is 16.2. The zero-order valence-electron chi connectivity index (χ0n) is 13.6. The molecule has 2 aromatic carbocycles. The molecule has 0 aliphatic heterocycles. The standard InChI is InChI=1S/C18H17N5O2/c1-10-8-14(10)18(25)19-12-4-2-11(3-5-12)17(24)20-13-6-7-15-16(9-13)22-23-21-15/h2-7,9-10,14H,8H2,1H3,(H,19,25)(H,20,24)(H,21,22,23). The molecule has 1 fully saturated rings. The fourth-order valence-electron chi connectivity index (χ4n) is 2.75. The summed E-state index contributed by atoms with van der Waals surface area (Å²) in [7, 11) is 0. The third-order valence-corrected chi connectivity index (χ3v) is 4.44. The maximum absolute atomic E-state index is 12.3. The summed E-state index contributed by atoms with van der Waals surface area (Å²) in [6, 6.07) is 12.2. The van der Waals surface area contributed by atoms with Crippen molar-refractivity contribution in [3.63, 3.8) is 0 Å². The van der Waals surface area contributed by atoms with Gasteiger partial charge in [0.1, 0.15) is 11.0 Å². The first-order valence-electron chi connectivity index (χ1n) is 8.13. The molecule has 0 radical (unpaired) electrons. The minimum absolute atomic E-state index is 0.0469. The van der Waals surface area contributed by atoms with Gasteiger partial charge in [0.2, 0.25) is 5.91 Å². The van der Waals surface area contributed by atoms with Gasteiger partial charge in [-0.3, -0.25) is 9.59 Å². The average molecular weight is 335 g/mol. The number of carbonyl (C=O) groups excluding carboxylic acids is 2. The number of anilines is 2. The van der Waals surface area contributed by atoms with Gasteiger partial charge in [-0.05, 0) is 54.8 Å². The minimum Gasteiger partial charge on any atom is -0.326 e. The molecule has 7 nitrogen and oxygen atoms in total. The number of nitrogens with one attached hydrogen (secondary N) is 3. The van der Waals surface area contributed by atoms with Crippen LogP contribution in [0.1, 0.15) is 23.7 Å². The van der Waals surface area contributed by atoms with Crippen LogP contribution in [0.15, 0.2) is 42.5 Å². The molecule has 3 aromatic rings. The topological polar surface area (TPSA) is 99.8 Å². The highest BCUT2D eigenvalue weighted by molar-refractivity contribution is 6.05.